The van der Waals surface area contributed by atoms with Gasteiger partial charge in [-0.3, -0.25) is 4.79 Å². The van der Waals surface area contributed by atoms with Crippen LogP contribution >= 0.6 is 0 Å². The van der Waals surface area contributed by atoms with Gasteiger partial charge in [0.25, 0.3) is 5.79 Å². The molecule has 0 aromatic heterocycles. The molecule has 3 rings (SSSR count). The lowest BCUT2D eigenvalue weighted by Gasteiger charge is -2.42. The number of ketones is 1. The number of hydrogen-bond acceptors (Lipinski definition) is 7. The summed E-state index contributed by atoms with van der Waals surface area (Å²) in [5, 5.41) is 50.0. The number of fused-ring (bicyclic) bond motifs is 1. The van der Waals surface area contributed by atoms with Crippen molar-refractivity contribution in [1.82, 2.24) is 0 Å². The Morgan fingerprint density at radius 3 is 2.23 bits per heavy atom. The summed E-state index contributed by atoms with van der Waals surface area (Å²) in [6, 6.07) is 9.14. The molecule has 1 aliphatic rings. The van der Waals surface area contributed by atoms with Gasteiger partial charge in [0.2, 0.25) is 5.78 Å². The lowest BCUT2D eigenvalue weighted by Crippen LogP contribution is -2.62. The van der Waals surface area contributed by atoms with Crippen molar-refractivity contribution in [2.45, 2.75) is 11.6 Å². The molecule has 7 nitrogen and oxygen atoms in total. The lowest BCUT2D eigenvalue weighted by molar-refractivity contribution is -0.328. The van der Waals surface area contributed by atoms with E-state index in [1.54, 1.807) is 6.07 Å². The van der Waals surface area contributed by atoms with Gasteiger partial charge in [-0.1, -0.05) is 30.3 Å². The largest absolute Gasteiger partial charge is 0.508 e. The van der Waals surface area contributed by atoms with Gasteiger partial charge in [0.1, 0.15) is 22.8 Å². The van der Waals surface area contributed by atoms with Gasteiger partial charge in [-0.05, 0) is 0 Å². The Balaban J connectivity index is 2.25. The molecular formula is C15H12O7. The van der Waals surface area contributed by atoms with Gasteiger partial charge < -0.3 is 30.3 Å². The smallest absolute Gasteiger partial charge is 0.301 e. The minimum Gasteiger partial charge on any atom is -0.508 e. The summed E-state index contributed by atoms with van der Waals surface area (Å²) in [6.45, 7) is 0. The van der Waals surface area contributed by atoms with Gasteiger partial charge >= 0.3 is 5.79 Å². The highest BCUT2D eigenvalue weighted by molar-refractivity contribution is 6.07. The zero-order valence-corrected chi connectivity index (χ0v) is 11.1. The molecule has 22 heavy (non-hydrogen) atoms. The Kier molecular flexibility index (Phi) is 2.89. The predicted octanol–water partition coefficient (Wildman–Crippen LogP) is 0.199. The number of aliphatic hydroxyl groups is 3. The van der Waals surface area contributed by atoms with Crippen LogP contribution in [0.5, 0.6) is 17.2 Å². The SMILES string of the molecule is O=C1c2c(O)cc(O)cc2OC(O)(c2ccccc2)C1(O)O. The molecule has 0 fully saturated rings. The quantitative estimate of drug-likeness (QED) is 0.476. The van der Waals surface area contributed by atoms with Gasteiger partial charge in [0, 0.05) is 17.7 Å². The lowest BCUT2D eigenvalue weighted by atomic mass is 9.87. The minimum atomic E-state index is -3.32. The molecule has 0 bridgehead atoms. The Hall–Kier alpha value is -2.61. The second kappa shape index (κ2) is 4.44. The van der Waals surface area contributed by atoms with Crippen molar-refractivity contribution in [3.05, 3.63) is 53.6 Å². The van der Waals surface area contributed by atoms with Gasteiger partial charge in [-0.25, -0.2) is 0 Å². The molecule has 2 aromatic rings. The number of carbonyl (C=O) groups is 1. The van der Waals surface area contributed by atoms with Crippen LogP contribution in [0.4, 0.5) is 0 Å². The van der Waals surface area contributed by atoms with Crippen molar-refractivity contribution in [1.29, 1.82) is 0 Å². The van der Waals surface area contributed by atoms with E-state index < -0.39 is 34.4 Å². The molecule has 0 amide bonds. The third kappa shape index (κ3) is 1.77. The number of benzene rings is 2. The molecule has 0 radical (unpaired) electrons. The maximum Gasteiger partial charge on any atom is 0.301 e. The van der Waals surface area contributed by atoms with Crippen molar-refractivity contribution in [3.63, 3.8) is 0 Å². The highest BCUT2D eigenvalue weighted by Gasteiger charge is 2.62. The molecule has 0 spiro atoms. The van der Waals surface area contributed by atoms with E-state index in [1.807, 2.05) is 0 Å². The molecular weight excluding hydrogens is 292 g/mol. The number of hydrogen-bond donors (Lipinski definition) is 5. The van der Waals surface area contributed by atoms with Gasteiger partial charge in [-0.15, -0.1) is 0 Å². The second-order valence-corrected chi connectivity index (χ2v) is 4.95. The van der Waals surface area contributed by atoms with Crippen LogP contribution in [0.3, 0.4) is 0 Å². The fourth-order valence-corrected chi connectivity index (χ4v) is 2.38. The van der Waals surface area contributed by atoms with E-state index in [0.717, 1.165) is 12.1 Å². The van der Waals surface area contributed by atoms with E-state index >= 15 is 0 Å². The summed E-state index contributed by atoms with van der Waals surface area (Å²) >= 11 is 0. The fraction of sp³-hybridized carbons (Fsp3) is 0.133. The van der Waals surface area contributed by atoms with Crippen LogP contribution < -0.4 is 4.74 Å². The van der Waals surface area contributed by atoms with Crippen LogP contribution in [-0.2, 0) is 5.79 Å². The third-order valence-electron chi connectivity index (χ3n) is 3.51. The molecule has 1 unspecified atom stereocenters. The maximum absolute atomic E-state index is 12.3. The molecule has 1 heterocycles. The summed E-state index contributed by atoms with van der Waals surface area (Å²) < 4.78 is 5.17. The number of ether oxygens (including phenoxy) is 1. The van der Waals surface area contributed by atoms with Crippen LogP contribution in [0.1, 0.15) is 15.9 Å². The predicted molar refractivity (Wildman–Crippen MR) is 72.2 cm³/mol. The molecule has 5 N–H and O–H groups in total. The number of phenolic OH excluding ortho intramolecular Hbond substituents is 2. The zero-order valence-electron chi connectivity index (χ0n) is 11.1. The molecule has 2 aromatic carbocycles. The van der Waals surface area contributed by atoms with Crippen molar-refractivity contribution in [2.24, 2.45) is 0 Å². The molecule has 1 aliphatic heterocycles. The number of rotatable bonds is 1. The van der Waals surface area contributed by atoms with Crippen LogP contribution in [0.2, 0.25) is 0 Å². The second-order valence-electron chi connectivity index (χ2n) is 4.95. The average Bonchev–Trinajstić information content (AvgIpc) is 2.45. The number of aromatic hydroxyl groups is 2. The van der Waals surface area contributed by atoms with E-state index in [4.69, 9.17) is 4.74 Å². The summed E-state index contributed by atoms with van der Waals surface area (Å²) in [5.41, 5.74) is -0.620. The normalized spacial score (nSPS) is 22.8. The highest BCUT2D eigenvalue weighted by atomic mass is 16.7. The minimum absolute atomic E-state index is 0.0816. The monoisotopic (exact) mass is 304 g/mol. The highest BCUT2D eigenvalue weighted by Crippen LogP contribution is 2.46. The first kappa shape index (κ1) is 14.3. The standard InChI is InChI=1S/C15H12O7/c16-9-6-10(17)12-11(7-9)22-15(21,14(19,20)13(12)18)8-4-2-1-3-5-8/h1-7,16-17,19-21H. The summed E-state index contributed by atoms with van der Waals surface area (Å²) in [6.07, 6.45) is 0. The summed E-state index contributed by atoms with van der Waals surface area (Å²) in [7, 11) is 0. The van der Waals surface area contributed by atoms with Crippen LogP contribution in [0.25, 0.3) is 0 Å². The van der Waals surface area contributed by atoms with Crippen LogP contribution in [0, 0.1) is 0 Å². The number of carbonyl (C=O) groups excluding carboxylic acids is 1. The Bertz CT molecular complexity index is 754. The van der Waals surface area contributed by atoms with Crippen LogP contribution in [-0.4, -0.2) is 37.1 Å². The maximum atomic E-state index is 12.3. The molecule has 114 valence electrons. The van der Waals surface area contributed by atoms with E-state index in [2.05, 4.69) is 0 Å². The van der Waals surface area contributed by atoms with Gasteiger partial charge in [0.15, 0.2) is 0 Å². The van der Waals surface area contributed by atoms with E-state index in [1.165, 1.54) is 24.3 Å². The summed E-state index contributed by atoms with van der Waals surface area (Å²) in [5.74, 6) is -8.94. The Labute approximate surface area is 124 Å². The van der Waals surface area contributed by atoms with Gasteiger partial charge in [-0.2, -0.15) is 0 Å². The first-order chi connectivity index (χ1) is 10.3. The van der Waals surface area contributed by atoms with Crippen LogP contribution in [0.15, 0.2) is 42.5 Å². The van der Waals surface area contributed by atoms with Gasteiger partial charge in [0.05, 0.1) is 0 Å². The van der Waals surface area contributed by atoms with Crippen molar-refractivity contribution >= 4 is 5.78 Å². The first-order valence-electron chi connectivity index (χ1n) is 6.30. The molecule has 0 saturated carbocycles. The number of phenols is 2. The van der Waals surface area contributed by atoms with E-state index in [0.29, 0.717) is 0 Å². The van der Waals surface area contributed by atoms with Crippen molar-refractivity contribution in [3.8, 4) is 17.2 Å². The third-order valence-corrected chi connectivity index (χ3v) is 3.51. The topological polar surface area (TPSA) is 127 Å². The van der Waals surface area contributed by atoms with Crippen molar-refractivity contribution in [2.75, 3.05) is 0 Å². The Morgan fingerprint density at radius 1 is 0.955 bits per heavy atom. The fourth-order valence-electron chi connectivity index (χ4n) is 2.38. The summed E-state index contributed by atoms with van der Waals surface area (Å²) in [4.78, 5) is 12.3. The molecule has 7 heteroatoms. The van der Waals surface area contributed by atoms with E-state index in [9.17, 15) is 30.3 Å². The Morgan fingerprint density at radius 2 is 1.59 bits per heavy atom. The molecule has 1 atom stereocenters. The molecule has 0 aliphatic carbocycles. The first-order valence-corrected chi connectivity index (χ1v) is 6.30. The van der Waals surface area contributed by atoms with E-state index in [-0.39, 0.29) is 11.3 Å². The zero-order chi connectivity index (χ0) is 16.1. The average molecular weight is 304 g/mol. The number of Topliss-reactive ketones (excluding diaryl/α,β-unsaturated/α-hetero) is 1. The van der Waals surface area contributed by atoms with Crippen molar-refractivity contribution < 1.29 is 35.1 Å². The molecule has 0 saturated heterocycles.